The topological polar surface area (TPSA) is 15.3 Å². The summed E-state index contributed by atoms with van der Waals surface area (Å²) in [6.07, 6.45) is 2.38. The van der Waals surface area contributed by atoms with Crippen molar-refractivity contribution in [3.63, 3.8) is 0 Å². The third-order valence-corrected chi connectivity index (χ3v) is 4.39. The number of hydrogen-bond acceptors (Lipinski definition) is 2. The lowest BCUT2D eigenvalue weighted by Crippen LogP contribution is -2.24. The second-order valence-electron chi connectivity index (χ2n) is 5.41. The van der Waals surface area contributed by atoms with Gasteiger partial charge in [0.2, 0.25) is 0 Å². The average molecular weight is 287 g/mol. The van der Waals surface area contributed by atoms with Crippen LogP contribution in [0.4, 0.5) is 17.1 Å². The summed E-state index contributed by atoms with van der Waals surface area (Å²) in [5.74, 6) is 0. The van der Waals surface area contributed by atoms with Crippen molar-refractivity contribution in [2.24, 2.45) is 0 Å². The van der Waals surface area contributed by atoms with E-state index in [0.717, 1.165) is 34.9 Å². The van der Waals surface area contributed by atoms with Crippen LogP contribution in [0.5, 0.6) is 0 Å². The molecular weight excluding hydrogens is 268 g/mol. The predicted octanol–water partition coefficient (Wildman–Crippen LogP) is 4.77. The van der Waals surface area contributed by atoms with Crippen LogP contribution >= 0.6 is 11.6 Å². The van der Waals surface area contributed by atoms with Crippen molar-refractivity contribution in [3.05, 3.63) is 52.5 Å². The van der Waals surface area contributed by atoms with Gasteiger partial charge in [0.1, 0.15) is 0 Å². The Morgan fingerprint density at radius 1 is 1.20 bits per heavy atom. The van der Waals surface area contributed by atoms with Crippen LogP contribution in [0.3, 0.4) is 0 Å². The third-order valence-electron chi connectivity index (χ3n) is 3.98. The molecule has 0 fully saturated rings. The number of anilines is 3. The van der Waals surface area contributed by atoms with Gasteiger partial charge in [-0.2, -0.15) is 0 Å². The molecule has 2 aromatic carbocycles. The van der Waals surface area contributed by atoms with Gasteiger partial charge >= 0.3 is 0 Å². The number of hydrogen-bond donors (Lipinski definition) is 1. The molecule has 0 unspecified atom stereocenters. The molecule has 2 aromatic rings. The minimum Gasteiger partial charge on any atom is -0.374 e. The van der Waals surface area contributed by atoms with E-state index >= 15 is 0 Å². The Bertz CT molecular complexity index is 637. The van der Waals surface area contributed by atoms with Crippen LogP contribution in [0, 0.1) is 6.92 Å². The average Bonchev–Trinajstić information content (AvgIpc) is 2.44. The molecular formula is C17H19ClN2. The Hall–Kier alpha value is -1.67. The van der Waals surface area contributed by atoms with Gasteiger partial charge in [0.15, 0.2) is 0 Å². The monoisotopic (exact) mass is 286 g/mol. The summed E-state index contributed by atoms with van der Waals surface area (Å²) in [5, 5.41) is 4.27. The molecule has 0 saturated heterocycles. The normalized spacial score (nSPS) is 14.1. The molecule has 0 aliphatic carbocycles. The van der Waals surface area contributed by atoms with Crippen molar-refractivity contribution in [1.29, 1.82) is 0 Å². The highest BCUT2D eigenvalue weighted by atomic mass is 35.5. The van der Waals surface area contributed by atoms with Crippen molar-refractivity contribution < 1.29 is 0 Å². The molecule has 1 heterocycles. The molecule has 0 saturated carbocycles. The van der Waals surface area contributed by atoms with E-state index in [-0.39, 0.29) is 0 Å². The standard InChI is InChI=1S/C17H19ClN2/c1-12-15(18)6-3-7-16(12)19-14-8-9-17-13(11-14)5-4-10-20(17)2/h3,6-9,11,19H,4-5,10H2,1-2H3. The number of aryl methyl sites for hydroxylation is 1. The number of nitrogens with zero attached hydrogens (tertiary/aromatic N) is 1. The Morgan fingerprint density at radius 3 is 2.90 bits per heavy atom. The quantitative estimate of drug-likeness (QED) is 0.855. The molecule has 0 amide bonds. The van der Waals surface area contributed by atoms with Gasteiger partial charge in [0, 0.05) is 35.7 Å². The molecule has 0 atom stereocenters. The van der Waals surface area contributed by atoms with E-state index in [0.29, 0.717) is 0 Å². The van der Waals surface area contributed by atoms with Crippen molar-refractivity contribution in [3.8, 4) is 0 Å². The lowest BCUT2D eigenvalue weighted by atomic mass is 10.0. The van der Waals surface area contributed by atoms with Crippen molar-refractivity contribution in [1.82, 2.24) is 0 Å². The van der Waals surface area contributed by atoms with Crippen LogP contribution in [0.2, 0.25) is 5.02 Å². The minimum absolute atomic E-state index is 0.799. The molecule has 1 aliphatic heterocycles. The number of rotatable bonds is 2. The first-order valence-corrected chi connectivity index (χ1v) is 7.39. The molecule has 1 N–H and O–H groups in total. The van der Waals surface area contributed by atoms with Crippen molar-refractivity contribution >= 4 is 28.7 Å². The third kappa shape index (κ3) is 2.48. The van der Waals surface area contributed by atoms with E-state index in [1.54, 1.807) is 0 Å². The van der Waals surface area contributed by atoms with Crippen molar-refractivity contribution in [2.75, 3.05) is 23.8 Å². The highest BCUT2D eigenvalue weighted by molar-refractivity contribution is 6.31. The number of nitrogens with one attached hydrogen (secondary N) is 1. The molecule has 2 nitrogen and oxygen atoms in total. The van der Waals surface area contributed by atoms with Gasteiger partial charge in [-0.05, 0) is 61.2 Å². The van der Waals surface area contributed by atoms with Crippen LogP contribution in [-0.4, -0.2) is 13.6 Å². The van der Waals surface area contributed by atoms with Crippen LogP contribution in [-0.2, 0) is 6.42 Å². The smallest absolute Gasteiger partial charge is 0.0455 e. The molecule has 0 bridgehead atoms. The zero-order chi connectivity index (χ0) is 14.1. The number of benzene rings is 2. The summed E-state index contributed by atoms with van der Waals surface area (Å²) in [4.78, 5) is 2.33. The first kappa shape index (κ1) is 13.3. The van der Waals surface area contributed by atoms with Gasteiger partial charge in [-0.15, -0.1) is 0 Å². The van der Waals surface area contributed by atoms with E-state index < -0.39 is 0 Å². The zero-order valence-corrected chi connectivity index (χ0v) is 12.7. The molecule has 1 aliphatic rings. The molecule has 0 spiro atoms. The number of halogens is 1. The summed E-state index contributed by atoms with van der Waals surface area (Å²) in [6, 6.07) is 12.6. The van der Waals surface area contributed by atoms with E-state index in [4.69, 9.17) is 11.6 Å². The summed E-state index contributed by atoms with van der Waals surface area (Å²) in [6.45, 7) is 3.18. The SMILES string of the molecule is Cc1c(Cl)cccc1Nc1ccc2c(c1)CCCN2C. The minimum atomic E-state index is 0.799. The van der Waals surface area contributed by atoms with Crippen molar-refractivity contribution in [2.45, 2.75) is 19.8 Å². The zero-order valence-electron chi connectivity index (χ0n) is 11.9. The van der Waals surface area contributed by atoms with Gasteiger partial charge in [0.25, 0.3) is 0 Å². The van der Waals surface area contributed by atoms with E-state index in [9.17, 15) is 0 Å². The van der Waals surface area contributed by atoms with Crippen LogP contribution in [0.1, 0.15) is 17.5 Å². The number of fused-ring (bicyclic) bond motifs is 1. The predicted molar refractivity (Wildman–Crippen MR) is 87.5 cm³/mol. The van der Waals surface area contributed by atoms with E-state index in [1.807, 2.05) is 19.1 Å². The maximum absolute atomic E-state index is 6.17. The summed E-state index contributed by atoms with van der Waals surface area (Å²) >= 11 is 6.17. The van der Waals surface area contributed by atoms with Crippen LogP contribution in [0.25, 0.3) is 0 Å². The highest BCUT2D eigenvalue weighted by Crippen LogP contribution is 2.31. The van der Waals surface area contributed by atoms with Gasteiger partial charge in [-0.25, -0.2) is 0 Å². The van der Waals surface area contributed by atoms with E-state index in [1.165, 1.54) is 17.7 Å². The van der Waals surface area contributed by atoms with Gasteiger partial charge in [-0.1, -0.05) is 17.7 Å². The first-order chi connectivity index (χ1) is 9.65. The summed E-state index contributed by atoms with van der Waals surface area (Å²) < 4.78 is 0. The Balaban J connectivity index is 1.90. The lowest BCUT2D eigenvalue weighted by molar-refractivity contribution is 0.745. The Morgan fingerprint density at radius 2 is 2.05 bits per heavy atom. The molecule has 3 heteroatoms. The summed E-state index contributed by atoms with van der Waals surface area (Å²) in [7, 11) is 2.16. The largest absolute Gasteiger partial charge is 0.374 e. The molecule has 0 aromatic heterocycles. The van der Waals surface area contributed by atoms with Crippen LogP contribution < -0.4 is 10.2 Å². The fraction of sp³-hybridized carbons (Fsp3) is 0.294. The molecule has 104 valence electrons. The van der Waals surface area contributed by atoms with Gasteiger partial charge < -0.3 is 10.2 Å². The van der Waals surface area contributed by atoms with Crippen LogP contribution in [0.15, 0.2) is 36.4 Å². The van der Waals surface area contributed by atoms with Gasteiger partial charge in [0.05, 0.1) is 0 Å². The van der Waals surface area contributed by atoms with E-state index in [2.05, 4.69) is 41.5 Å². The highest BCUT2D eigenvalue weighted by Gasteiger charge is 2.13. The molecule has 20 heavy (non-hydrogen) atoms. The second-order valence-corrected chi connectivity index (χ2v) is 5.81. The maximum atomic E-state index is 6.17. The molecule has 3 rings (SSSR count). The Kier molecular flexibility index (Phi) is 3.58. The fourth-order valence-corrected chi connectivity index (χ4v) is 2.94. The molecule has 0 radical (unpaired) electrons. The Labute approximate surface area is 125 Å². The second kappa shape index (κ2) is 5.37. The first-order valence-electron chi connectivity index (χ1n) is 7.01. The maximum Gasteiger partial charge on any atom is 0.0455 e. The van der Waals surface area contributed by atoms with Gasteiger partial charge in [-0.3, -0.25) is 0 Å². The lowest BCUT2D eigenvalue weighted by Gasteiger charge is -2.28. The fourth-order valence-electron chi connectivity index (χ4n) is 2.76. The summed E-state index contributed by atoms with van der Waals surface area (Å²) in [5.41, 5.74) is 6.06.